The summed E-state index contributed by atoms with van der Waals surface area (Å²) in [5.41, 5.74) is 2.18. The summed E-state index contributed by atoms with van der Waals surface area (Å²) in [6.07, 6.45) is 2.31. The number of nitrogens with zero attached hydrogens (tertiary/aromatic N) is 2. The second kappa shape index (κ2) is 5.40. The molecular formula is C14H19N5. The van der Waals surface area contributed by atoms with E-state index in [1.165, 1.54) is 0 Å². The van der Waals surface area contributed by atoms with Crippen molar-refractivity contribution in [2.24, 2.45) is 0 Å². The molecule has 5 nitrogen and oxygen atoms in total. The highest BCUT2D eigenvalue weighted by Crippen LogP contribution is 2.26. The molecule has 0 saturated carbocycles. The summed E-state index contributed by atoms with van der Waals surface area (Å²) in [6.45, 7) is 4.08. The number of aryl methyl sites for hydroxylation is 1. The van der Waals surface area contributed by atoms with Gasteiger partial charge in [-0.15, -0.1) is 0 Å². The van der Waals surface area contributed by atoms with E-state index in [-0.39, 0.29) is 0 Å². The summed E-state index contributed by atoms with van der Waals surface area (Å²) in [7, 11) is 0. The van der Waals surface area contributed by atoms with Crippen LogP contribution in [0.25, 0.3) is 11.4 Å². The second-order valence-corrected chi connectivity index (χ2v) is 4.96. The maximum Gasteiger partial charge on any atom is 0.183 e. The van der Waals surface area contributed by atoms with E-state index < -0.39 is 0 Å². The van der Waals surface area contributed by atoms with Gasteiger partial charge in [-0.1, -0.05) is 12.1 Å². The average molecular weight is 257 g/mol. The Morgan fingerprint density at radius 1 is 1.21 bits per heavy atom. The van der Waals surface area contributed by atoms with E-state index in [2.05, 4.69) is 37.9 Å². The number of piperidine rings is 1. The van der Waals surface area contributed by atoms with Gasteiger partial charge in [0.1, 0.15) is 5.82 Å². The molecule has 0 bridgehead atoms. The predicted molar refractivity (Wildman–Crippen MR) is 76.1 cm³/mol. The summed E-state index contributed by atoms with van der Waals surface area (Å²) in [5.74, 6) is 1.60. The second-order valence-electron chi connectivity index (χ2n) is 4.96. The van der Waals surface area contributed by atoms with E-state index in [4.69, 9.17) is 0 Å². The lowest BCUT2D eigenvalue weighted by molar-refractivity contribution is 0.479. The Morgan fingerprint density at radius 3 is 2.74 bits per heavy atom. The predicted octanol–water partition coefficient (Wildman–Crippen LogP) is 1.94. The summed E-state index contributed by atoms with van der Waals surface area (Å²) < 4.78 is 0. The Labute approximate surface area is 112 Å². The van der Waals surface area contributed by atoms with Crippen LogP contribution in [0.2, 0.25) is 0 Å². The van der Waals surface area contributed by atoms with Gasteiger partial charge in [0.05, 0.1) is 0 Å². The fourth-order valence-electron chi connectivity index (χ4n) is 2.45. The summed E-state index contributed by atoms with van der Waals surface area (Å²) >= 11 is 0. The molecule has 0 aliphatic carbocycles. The summed E-state index contributed by atoms with van der Waals surface area (Å²) in [4.78, 5) is 4.42. The maximum atomic E-state index is 4.42. The number of aromatic nitrogens is 3. The highest BCUT2D eigenvalue weighted by atomic mass is 15.2. The number of hydrogen-bond donors (Lipinski definition) is 3. The molecule has 2 aromatic rings. The Hall–Kier alpha value is -1.88. The van der Waals surface area contributed by atoms with Crippen molar-refractivity contribution in [1.29, 1.82) is 0 Å². The van der Waals surface area contributed by atoms with Gasteiger partial charge in [0, 0.05) is 17.3 Å². The third-order valence-corrected chi connectivity index (χ3v) is 3.46. The normalized spacial score (nSPS) is 16.5. The third-order valence-electron chi connectivity index (χ3n) is 3.46. The van der Waals surface area contributed by atoms with E-state index in [0.29, 0.717) is 6.04 Å². The Morgan fingerprint density at radius 2 is 2.00 bits per heavy atom. The van der Waals surface area contributed by atoms with E-state index in [0.717, 1.165) is 48.8 Å². The van der Waals surface area contributed by atoms with Gasteiger partial charge >= 0.3 is 0 Å². The fourth-order valence-corrected chi connectivity index (χ4v) is 2.45. The lowest BCUT2D eigenvalue weighted by Gasteiger charge is -2.25. The van der Waals surface area contributed by atoms with Crippen LogP contribution in [-0.4, -0.2) is 34.3 Å². The van der Waals surface area contributed by atoms with Gasteiger partial charge < -0.3 is 10.6 Å². The van der Waals surface area contributed by atoms with Crippen LogP contribution in [0.3, 0.4) is 0 Å². The highest BCUT2D eigenvalue weighted by Gasteiger charge is 2.15. The number of hydrogen-bond acceptors (Lipinski definition) is 4. The van der Waals surface area contributed by atoms with Crippen LogP contribution in [0, 0.1) is 6.92 Å². The summed E-state index contributed by atoms with van der Waals surface area (Å²) in [5, 5.41) is 14.2. The molecule has 0 spiro atoms. The SMILES string of the molecule is Cc1nc(-c2ccccc2NC2CCNCC2)n[nH]1. The molecule has 0 radical (unpaired) electrons. The minimum atomic E-state index is 0.530. The first-order chi connectivity index (χ1) is 9.33. The van der Waals surface area contributed by atoms with Crippen LogP contribution in [0.15, 0.2) is 24.3 Å². The van der Waals surface area contributed by atoms with Gasteiger partial charge in [-0.05, 0) is 45.0 Å². The van der Waals surface area contributed by atoms with Crippen molar-refractivity contribution in [1.82, 2.24) is 20.5 Å². The molecule has 1 aromatic heterocycles. The molecule has 0 atom stereocenters. The molecular weight excluding hydrogens is 238 g/mol. The molecule has 1 aromatic carbocycles. The quantitative estimate of drug-likeness (QED) is 0.786. The zero-order valence-electron chi connectivity index (χ0n) is 11.1. The zero-order chi connectivity index (χ0) is 13.1. The standard InChI is InChI=1S/C14H19N5/c1-10-16-14(19-18-10)12-4-2-3-5-13(12)17-11-6-8-15-9-7-11/h2-5,11,15,17H,6-9H2,1H3,(H,16,18,19). The molecule has 0 unspecified atom stereocenters. The van der Waals surface area contributed by atoms with Gasteiger partial charge in [0.25, 0.3) is 0 Å². The lowest BCUT2D eigenvalue weighted by atomic mass is 10.0. The molecule has 3 N–H and O–H groups in total. The van der Waals surface area contributed by atoms with Crippen LogP contribution < -0.4 is 10.6 Å². The molecule has 3 rings (SSSR count). The fraction of sp³-hybridized carbons (Fsp3) is 0.429. The Kier molecular flexibility index (Phi) is 3.46. The van der Waals surface area contributed by atoms with E-state index >= 15 is 0 Å². The first-order valence-electron chi connectivity index (χ1n) is 6.78. The Bertz CT molecular complexity index is 542. The van der Waals surface area contributed by atoms with Crippen LogP contribution >= 0.6 is 0 Å². The molecule has 1 fully saturated rings. The number of aromatic amines is 1. The first kappa shape index (κ1) is 12.2. The molecule has 19 heavy (non-hydrogen) atoms. The van der Waals surface area contributed by atoms with Crippen molar-refractivity contribution in [2.45, 2.75) is 25.8 Å². The van der Waals surface area contributed by atoms with Gasteiger partial charge in [-0.2, -0.15) is 5.10 Å². The number of H-pyrrole nitrogens is 1. The van der Waals surface area contributed by atoms with Crippen LogP contribution in [-0.2, 0) is 0 Å². The minimum Gasteiger partial charge on any atom is -0.382 e. The van der Waals surface area contributed by atoms with Gasteiger partial charge in [-0.25, -0.2) is 4.98 Å². The minimum absolute atomic E-state index is 0.530. The molecule has 1 aliphatic rings. The Balaban J connectivity index is 1.84. The van der Waals surface area contributed by atoms with Crippen LogP contribution in [0.5, 0.6) is 0 Å². The summed E-state index contributed by atoms with van der Waals surface area (Å²) in [6, 6.07) is 8.76. The van der Waals surface area contributed by atoms with Gasteiger partial charge in [0.15, 0.2) is 5.82 Å². The van der Waals surface area contributed by atoms with Crippen molar-refractivity contribution >= 4 is 5.69 Å². The number of benzene rings is 1. The molecule has 5 heteroatoms. The zero-order valence-corrected chi connectivity index (χ0v) is 11.1. The molecule has 1 saturated heterocycles. The lowest BCUT2D eigenvalue weighted by Crippen LogP contribution is -2.35. The number of rotatable bonds is 3. The van der Waals surface area contributed by atoms with Gasteiger partial charge in [-0.3, -0.25) is 5.10 Å². The number of nitrogens with one attached hydrogen (secondary N) is 3. The number of anilines is 1. The largest absolute Gasteiger partial charge is 0.382 e. The van der Waals surface area contributed by atoms with Crippen LogP contribution in [0.1, 0.15) is 18.7 Å². The number of para-hydroxylation sites is 1. The monoisotopic (exact) mass is 257 g/mol. The van der Waals surface area contributed by atoms with Crippen molar-refractivity contribution in [3.05, 3.63) is 30.1 Å². The molecule has 1 aliphatic heterocycles. The maximum absolute atomic E-state index is 4.42. The topological polar surface area (TPSA) is 65.6 Å². The first-order valence-corrected chi connectivity index (χ1v) is 6.78. The average Bonchev–Trinajstić information content (AvgIpc) is 2.87. The smallest absolute Gasteiger partial charge is 0.183 e. The van der Waals surface area contributed by atoms with E-state index in [1.54, 1.807) is 0 Å². The van der Waals surface area contributed by atoms with Crippen molar-refractivity contribution in [2.75, 3.05) is 18.4 Å². The molecule has 0 amide bonds. The van der Waals surface area contributed by atoms with Crippen molar-refractivity contribution in [3.8, 4) is 11.4 Å². The third kappa shape index (κ3) is 2.76. The molecule has 100 valence electrons. The highest BCUT2D eigenvalue weighted by molar-refractivity contribution is 5.73. The van der Waals surface area contributed by atoms with E-state index in [9.17, 15) is 0 Å². The van der Waals surface area contributed by atoms with Crippen molar-refractivity contribution < 1.29 is 0 Å². The van der Waals surface area contributed by atoms with Gasteiger partial charge in [0.2, 0.25) is 0 Å². The molecule has 2 heterocycles. The van der Waals surface area contributed by atoms with Crippen molar-refractivity contribution in [3.63, 3.8) is 0 Å². The van der Waals surface area contributed by atoms with Crippen LogP contribution in [0.4, 0.5) is 5.69 Å². The van der Waals surface area contributed by atoms with E-state index in [1.807, 2.05) is 19.1 Å².